The van der Waals surface area contributed by atoms with Gasteiger partial charge in [0.2, 0.25) is 15.9 Å². The molecule has 30 heavy (non-hydrogen) atoms. The number of rotatable bonds is 10. The van der Waals surface area contributed by atoms with E-state index in [1.807, 2.05) is 26.8 Å². The average molecular weight is 447 g/mol. The average Bonchev–Trinajstić information content (AvgIpc) is 2.59. The maximum Gasteiger partial charge on any atom is 0.326 e. The van der Waals surface area contributed by atoms with Gasteiger partial charge in [-0.2, -0.15) is 0 Å². The van der Waals surface area contributed by atoms with Gasteiger partial charge in [0, 0.05) is 13.0 Å². The van der Waals surface area contributed by atoms with Crippen LogP contribution in [0.4, 0.5) is 0 Å². The van der Waals surface area contributed by atoms with Gasteiger partial charge in [0.15, 0.2) is 11.5 Å². The molecule has 1 aromatic carbocycles. The number of benzene rings is 1. The number of amides is 1. The Morgan fingerprint density at radius 3 is 2.17 bits per heavy atom. The van der Waals surface area contributed by atoms with Gasteiger partial charge >= 0.3 is 5.97 Å². The van der Waals surface area contributed by atoms with Gasteiger partial charge < -0.3 is 19.9 Å². The van der Waals surface area contributed by atoms with Gasteiger partial charge in [-0.3, -0.25) is 4.79 Å². The lowest BCUT2D eigenvalue weighted by atomic mass is 10.0. The summed E-state index contributed by atoms with van der Waals surface area (Å²) in [6.45, 7) is 9.32. The van der Waals surface area contributed by atoms with E-state index in [4.69, 9.17) is 14.6 Å². The molecule has 0 aliphatic carbocycles. The van der Waals surface area contributed by atoms with Gasteiger partial charge in [0.1, 0.15) is 6.04 Å². The summed E-state index contributed by atoms with van der Waals surface area (Å²) >= 11 is 0. The molecule has 172 valence electrons. The highest BCUT2D eigenvalue weighted by atomic mass is 32.2. The van der Waals surface area contributed by atoms with Crippen LogP contribution in [0.15, 0.2) is 18.2 Å². The maximum absolute atomic E-state index is 11.2. The Morgan fingerprint density at radius 1 is 1.17 bits per heavy atom. The fourth-order valence-electron chi connectivity index (χ4n) is 2.56. The molecule has 0 saturated heterocycles. The van der Waals surface area contributed by atoms with E-state index in [0.717, 1.165) is 11.8 Å². The van der Waals surface area contributed by atoms with E-state index >= 15 is 0 Å². The molecule has 0 fully saturated rings. The first kappa shape index (κ1) is 27.7. The fourth-order valence-corrected chi connectivity index (χ4v) is 3.34. The van der Waals surface area contributed by atoms with Crippen LogP contribution in [-0.4, -0.2) is 51.4 Å². The lowest BCUT2D eigenvalue weighted by molar-refractivity contribution is -0.142. The number of sulfonamides is 1. The molecular weight excluding hydrogens is 412 g/mol. The molecule has 10 heteroatoms. The van der Waals surface area contributed by atoms with E-state index in [9.17, 15) is 18.0 Å². The summed E-state index contributed by atoms with van der Waals surface area (Å²) in [6, 6.07) is 4.29. The summed E-state index contributed by atoms with van der Waals surface area (Å²) < 4.78 is 35.5. The molecule has 9 nitrogen and oxygen atoms in total. The Kier molecular flexibility index (Phi) is 12.1. The summed E-state index contributed by atoms with van der Waals surface area (Å²) in [5.41, 5.74) is 0.824. The zero-order valence-corrected chi connectivity index (χ0v) is 19.5. The van der Waals surface area contributed by atoms with Crippen molar-refractivity contribution < 1.29 is 32.6 Å². The zero-order chi connectivity index (χ0) is 23.5. The summed E-state index contributed by atoms with van der Waals surface area (Å²) in [7, 11) is -1.67. The predicted molar refractivity (Wildman–Crippen MR) is 115 cm³/mol. The highest BCUT2D eigenvalue weighted by molar-refractivity contribution is 7.88. The molecule has 1 rings (SSSR count). The van der Waals surface area contributed by atoms with Gasteiger partial charge in [-0.25, -0.2) is 17.9 Å². The van der Waals surface area contributed by atoms with Crippen molar-refractivity contribution in [1.82, 2.24) is 10.0 Å². The molecule has 0 bridgehead atoms. The minimum absolute atomic E-state index is 0.262. The Labute approximate surface area is 179 Å². The summed E-state index contributed by atoms with van der Waals surface area (Å²) in [5, 5.41) is 11.0. The number of nitrogens with one attached hydrogen (secondary N) is 2. The summed E-state index contributed by atoms with van der Waals surface area (Å²) in [5.74, 6) is 0.228. The topological polar surface area (TPSA) is 131 Å². The maximum atomic E-state index is 11.2. The number of ether oxygens (including phenoxy) is 2. The number of hydrogen-bond acceptors (Lipinski definition) is 6. The smallest absolute Gasteiger partial charge is 0.326 e. The number of carboxylic acid groups (broad SMARTS) is 1. The SMILES string of the molecule is CC(=O)N[C@H](CC(C)C)C(=O)O.CCOc1cc([C@@H](C)NS(C)(=O)=O)ccc1OC. The van der Waals surface area contributed by atoms with E-state index in [0.29, 0.717) is 24.5 Å². The van der Waals surface area contributed by atoms with Crippen molar-refractivity contribution in [2.24, 2.45) is 5.92 Å². The van der Waals surface area contributed by atoms with E-state index in [1.54, 1.807) is 26.2 Å². The summed E-state index contributed by atoms with van der Waals surface area (Å²) in [6.07, 6.45) is 1.60. The molecule has 1 amide bonds. The molecular formula is C20H34N2O7S. The number of carboxylic acids is 1. The largest absolute Gasteiger partial charge is 0.493 e. The van der Waals surface area contributed by atoms with Crippen LogP contribution in [0, 0.1) is 5.92 Å². The number of carbonyl (C=O) groups is 2. The molecule has 0 spiro atoms. The molecule has 0 unspecified atom stereocenters. The molecule has 0 aliphatic rings. The van der Waals surface area contributed by atoms with Gasteiger partial charge in [-0.15, -0.1) is 0 Å². The second-order valence-electron chi connectivity index (χ2n) is 7.18. The number of carbonyl (C=O) groups excluding carboxylic acids is 1. The van der Waals surface area contributed by atoms with Crippen LogP contribution in [0.25, 0.3) is 0 Å². The third-order valence-electron chi connectivity index (χ3n) is 3.76. The quantitative estimate of drug-likeness (QED) is 0.503. The molecule has 0 heterocycles. The second kappa shape index (κ2) is 13.1. The number of aliphatic carboxylic acids is 1. The van der Waals surface area contributed by atoms with Gasteiger partial charge in [-0.1, -0.05) is 19.9 Å². The monoisotopic (exact) mass is 446 g/mol. The van der Waals surface area contributed by atoms with E-state index in [2.05, 4.69) is 10.0 Å². The Bertz CT molecular complexity index is 794. The normalized spacial score (nSPS) is 12.9. The lowest BCUT2D eigenvalue weighted by Gasteiger charge is -2.15. The van der Waals surface area contributed by atoms with Crippen LogP contribution >= 0.6 is 0 Å². The van der Waals surface area contributed by atoms with Crippen LogP contribution in [-0.2, 0) is 19.6 Å². The first-order chi connectivity index (χ1) is 13.8. The molecule has 1 aromatic rings. The zero-order valence-electron chi connectivity index (χ0n) is 18.7. The minimum Gasteiger partial charge on any atom is -0.493 e. The van der Waals surface area contributed by atoms with Crippen LogP contribution in [0.5, 0.6) is 11.5 Å². The third-order valence-corrected chi connectivity index (χ3v) is 4.54. The molecule has 0 saturated carbocycles. The number of hydrogen-bond donors (Lipinski definition) is 3. The minimum atomic E-state index is -3.23. The lowest BCUT2D eigenvalue weighted by Crippen LogP contribution is -2.40. The standard InChI is InChI=1S/C12H19NO4S.C8H15NO3/c1-5-17-12-8-10(6-7-11(12)16-3)9(2)13-18(4,14)15;1-5(2)4-7(8(11)12)9-6(3)10/h6-9,13H,5H2,1-4H3;5,7H,4H2,1-3H3,(H,9,10)(H,11,12)/t9-;7-/m11/s1. The summed E-state index contributed by atoms with van der Waals surface area (Å²) in [4.78, 5) is 21.1. The highest BCUT2D eigenvalue weighted by Crippen LogP contribution is 2.30. The van der Waals surface area contributed by atoms with E-state index < -0.39 is 22.0 Å². The predicted octanol–water partition coefficient (Wildman–Crippen LogP) is 2.33. The highest BCUT2D eigenvalue weighted by Gasteiger charge is 2.19. The van der Waals surface area contributed by atoms with Crippen molar-refractivity contribution >= 4 is 21.9 Å². The van der Waals surface area contributed by atoms with Crippen molar-refractivity contribution in [1.29, 1.82) is 0 Å². The van der Waals surface area contributed by atoms with E-state index in [-0.39, 0.29) is 17.9 Å². The van der Waals surface area contributed by atoms with Crippen LogP contribution in [0.1, 0.15) is 52.6 Å². The second-order valence-corrected chi connectivity index (χ2v) is 8.96. The van der Waals surface area contributed by atoms with Crippen LogP contribution in [0.3, 0.4) is 0 Å². The molecule has 0 aromatic heterocycles. The van der Waals surface area contributed by atoms with Crippen molar-refractivity contribution in [3.63, 3.8) is 0 Å². The Hall–Kier alpha value is -2.33. The van der Waals surface area contributed by atoms with Crippen LogP contribution in [0.2, 0.25) is 0 Å². The Morgan fingerprint density at radius 2 is 1.77 bits per heavy atom. The molecule has 3 N–H and O–H groups in total. The first-order valence-corrected chi connectivity index (χ1v) is 11.5. The molecule has 0 aliphatic heterocycles. The van der Waals surface area contributed by atoms with Crippen molar-refractivity contribution in [3.05, 3.63) is 23.8 Å². The Balaban J connectivity index is 0.000000612. The molecule has 2 atom stereocenters. The van der Waals surface area contributed by atoms with Crippen molar-refractivity contribution in [3.8, 4) is 11.5 Å². The van der Waals surface area contributed by atoms with Gasteiger partial charge in [-0.05, 0) is 43.9 Å². The van der Waals surface area contributed by atoms with Gasteiger partial charge in [0.25, 0.3) is 0 Å². The van der Waals surface area contributed by atoms with Crippen molar-refractivity contribution in [2.75, 3.05) is 20.0 Å². The number of methoxy groups -OCH3 is 1. The third kappa shape index (κ3) is 11.6. The van der Waals surface area contributed by atoms with Crippen LogP contribution < -0.4 is 19.5 Å². The van der Waals surface area contributed by atoms with Crippen molar-refractivity contribution in [2.45, 2.75) is 53.1 Å². The first-order valence-electron chi connectivity index (χ1n) is 9.58. The molecule has 0 radical (unpaired) electrons. The fraction of sp³-hybridized carbons (Fsp3) is 0.600. The van der Waals surface area contributed by atoms with Gasteiger partial charge in [0.05, 0.1) is 20.0 Å². The van der Waals surface area contributed by atoms with E-state index in [1.165, 1.54) is 6.92 Å².